The third-order valence-electron chi connectivity index (χ3n) is 2.97. The minimum atomic E-state index is -3.58. The highest BCUT2D eigenvalue weighted by molar-refractivity contribution is 7.90. The second kappa shape index (κ2) is 5.48. The zero-order valence-corrected chi connectivity index (χ0v) is 12.2. The molecule has 2 heterocycles. The number of ether oxygens (including phenoxy) is 1. The molecule has 1 saturated heterocycles. The van der Waals surface area contributed by atoms with E-state index in [1.807, 2.05) is 20.8 Å². The second-order valence-corrected chi connectivity index (χ2v) is 6.48. The zero-order valence-electron chi connectivity index (χ0n) is 11.4. The molecule has 108 valence electrons. The first-order valence-corrected chi connectivity index (χ1v) is 7.82. The highest BCUT2D eigenvalue weighted by Gasteiger charge is 2.31. The Labute approximate surface area is 113 Å². The van der Waals surface area contributed by atoms with Crippen LogP contribution in [0.25, 0.3) is 0 Å². The van der Waals surface area contributed by atoms with Crippen LogP contribution in [0.3, 0.4) is 0 Å². The van der Waals surface area contributed by atoms with Gasteiger partial charge in [0.1, 0.15) is 0 Å². The van der Waals surface area contributed by atoms with Gasteiger partial charge in [-0.05, 0) is 20.3 Å². The molecule has 8 heteroatoms. The molecule has 1 aromatic rings. The van der Waals surface area contributed by atoms with Gasteiger partial charge in [0.2, 0.25) is 0 Å². The highest BCUT2D eigenvalue weighted by atomic mass is 32.2. The summed E-state index contributed by atoms with van der Waals surface area (Å²) < 4.78 is 33.9. The largest absolute Gasteiger partial charge is 0.373 e. The lowest BCUT2D eigenvalue weighted by Gasteiger charge is -2.34. The number of aryl methyl sites for hydroxylation is 1. The summed E-state index contributed by atoms with van der Waals surface area (Å²) in [5, 5.41) is 6.71. The van der Waals surface area contributed by atoms with Crippen LogP contribution in [0.5, 0.6) is 0 Å². The van der Waals surface area contributed by atoms with Gasteiger partial charge in [-0.3, -0.25) is 9.82 Å². The molecule has 1 aromatic heterocycles. The number of nitrogens with one attached hydrogen (secondary N) is 2. The van der Waals surface area contributed by atoms with Crippen LogP contribution in [0.1, 0.15) is 26.5 Å². The monoisotopic (exact) mass is 288 g/mol. The van der Waals surface area contributed by atoms with Gasteiger partial charge >= 0.3 is 10.2 Å². The number of hydrogen-bond acceptors (Lipinski definition) is 4. The van der Waals surface area contributed by atoms with E-state index >= 15 is 0 Å². The van der Waals surface area contributed by atoms with Crippen molar-refractivity contribution in [2.45, 2.75) is 39.4 Å². The molecule has 0 saturated carbocycles. The molecule has 0 aromatic carbocycles. The van der Waals surface area contributed by atoms with Crippen molar-refractivity contribution in [2.24, 2.45) is 0 Å². The lowest BCUT2D eigenvalue weighted by molar-refractivity contribution is -0.0439. The summed E-state index contributed by atoms with van der Waals surface area (Å²) in [5.41, 5.74) is 0.890. The SMILES string of the molecule is CCc1cc(NS(=O)(=O)N2CC(C)OC(C)C2)n[nH]1. The van der Waals surface area contributed by atoms with Crippen molar-refractivity contribution < 1.29 is 13.2 Å². The normalized spacial score (nSPS) is 25.4. The van der Waals surface area contributed by atoms with Crippen LogP contribution in [0.4, 0.5) is 5.82 Å². The van der Waals surface area contributed by atoms with Crippen LogP contribution in [-0.4, -0.2) is 48.2 Å². The highest BCUT2D eigenvalue weighted by Crippen LogP contribution is 2.16. The fraction of sp³-hybridized carbons (Fsp3) is 0.727. The van der Waals surface area contributed by atoms with Gasteiger partial charge < -0.3 is 4.74 Å². The van der Waals surface area contributed by atoms with Crippen LogP contribution in [0.15, 0.2) is 6.07 Å². The molecule has 0 spiro atoms. The maximum absolute atomic E-state index is 12.2. The predicted molar refractivity (Wildman–Crippen MR) is 72.1 cm³/mol. The molecular formula is C11H20N4O3S. The smallest absolute Gasteiger partial charge is 0.303 e. The van der Waals surface area contributed by atoms with Gasteiger partial charge in [0.25, 0.3) is 0 Å². The standard InChI is InChI=1S/C11H20N4O3S/c1-4-10-5-11(13-12-10)14-19(16,17)15-6-8(2)18-9(3)7-15/h5,8-9H,4,6-7H2,1-3H3,(H2,12,13,14). The first-order chi connectivity index (χ1) is 8.90. The van der Waals surface area contributed by atoms with Crippen molar-refractivity contribution in [3.05, 3.63) is 11.8 Å². The fourth-order valence-corrected chi connectivity index (χ4v) is 3.43. The Kier molecular flexibility index (Phi) is 4.12. The minimum absolute atomic E-state index is 0.106. The zero-order chi connectivity index (χ0) is 14.0. The molecule has 1 fully saturated rings. The van der Waals surface area contributed by atoms with Crippen molar-refractivity contribution in [3.8, 4) is 0 Å². The summed E-state index contributed by atoms with van der Waals surface area (Å²) in [6.45, 7) is 6.40. The average Bonchev–Trinajstić information content (AvgIpc) is 2.74. The molecule has 2 N–H and O–H groups in total. The molecule has 2 rings (SSSR count). The van der Waals surface area contributed by atoms with Gasteiger partial charge in [-0.15, -0.1) is 0 Å². The van der Waals surface area contributed by atoms with E-state index in [4.69, 9.17) is 4.74 Å². The maximum atomic E-state index is 12.2. The first-order valence-electron chi connectivity index (χ1n) is 6.38. The van der Waals surface area contributed by atoms with Crippen LogP contribution < -0.4 is 4.72 Å². The molecule has 2 unspecified atom stereocenters. The number of rotatable bonds is 4. The third kappa shape index (κ3) is 3.46. The van der Waals surface area contributed by atoms with E-state index in [9.17, 15) is 8.42 Å². The predicted octanol–water partition coefficient (Wildman–Crippen LogP) is 0.738. The lowest BCUT2D eigenvalue weighted by atomic mass is 10.3. The maximum Gasteiger partial charge on any atom is 0.303 e. The second-order valence-electron chi connectivity index (χ2n) is 4.81. The molecule has 1 aliphatic rings. The Balaban J connectivity index is 2.09. The fourth-order valence-electron chi connectivity index (χ4n) is 2.12. The molecule has 0 amide bonds. The molecule has 0 radical (unpaired) electrons. The number of aromatic nitrogens is 2. The molecule has 19 heavy (non-hydrogen) atoms. The summed E-state index contributed by atoms with van der Waals surface area (Å²) in [6, 6.07) is 1.70. The summed E-state index contributed by atoms with van der Waals surface area (Å²) >= 11 is 0. The van der Waals surface area contributed by atoms with Crippen molar-refractivity contribution in [1.82, 2.24) is 14.5 Å². The third-order valence-corrected chi connectivity index (χ3v) is 4.42. The van der Waals surface area contributed by atoms with Crippen LogP contribution in [0.2, 0.25) is 0 Å². The van der Waals surface area contributed by atoms with E-state index in [-0.39, 0.29) is 12.2 Å². The summed E-state index contributed by atoms with van der Waals surface area (Å²) in [7, 11) is -3.58. The van der Waals surface area contributed by atoms with Gasteiger partial charge in [-0.25, -0.2) is 0 Å². The number of nitrogens with zero attached hydrogens (tertiary/aromatic N) is 2. The van der Waals surface area contributed by atoms with Crippen LogP contribution in [-0.2, 0) is 21.4 Å². The van der Waals surface area contributed by atoms with Gasteiger partial charge in [0.15, 0.2) is 5.82 Å². The number of anilines is 1. The molecule has 1 aliphatic heterocycles. The van der Waals surface area contributed by atoms with E-state index in [0.717, 1.165) is 12.1 Å². The Morgan fingerprint density at radius 1 is 1.47 bits per heavy atom. The number of aromatic amines is 1. The number of H-pyrrole nitrogens is 1. The Bertz CT molecular complexity index is 518. The van der Waals surface area contributed by atoms with Crippen LogP contribution >= 0.6 is 0 Å². The molecule has 0 bridgehead atoms. The Hall–Kier alpha value is -1.12. The van der Waals surface area contributed by atoms with E-state index in [2.05, 4.69) is 14.9 Å². The van der Waals surface area contributed by atoms with E-state index in [1.165, 1.54) is 4.31 Å². The van der Waals surface area contributed by atoms with Crippen molar-refractivity contribution in [2.75, 3.05) is 17.8 Å². The summed E-state index contributed by atoms with van der Waals surface area (Å²) in [4.78, 5) is 0. The van der Waals surface area contributed by atoms with Crippen LogP contribution in [0, 0.1) is 0 Å². The Morgan fingerprint density at radius 3 is 2.63 bits per heavy atom. The molecule has 0 aliphatic carbocycles. The first kappa shape index (κ1) is 14.3. The average molecular weight is 288 g/mol. The van der Waals surface area contributed by atoms with E-state index < -0.39 is 10.2 Å². The van der Waals surface area contributed by atoms with Crippen molar-refractivity contribution in [1.29, 1.82) is 0 Å². The van der Waals surface area contributed by atoms with Crippen molar-refractivity contribution in [3.63, 3.8) is 0 Å². The van der Waals surface area contributed by atoms with Gasteiger partial charge in [-0.1, -0.05) is 6.92 Å². The molecular weight excluding hydrogens is 268 g/mol. The topological polar surface area (TPSA) is 87.3 Å². The van der Waals surface area contributed by atoms with Gasteiger partial charge in [-0.2, -0.15) is 17.8 Å². The molecule has 7 nitrogen and oxygen atoms in total. The minimum Gasteiger partial charge on any atom is -0.373 e. The number of hydrogen-bond donors (Lipinski definition) is 2. The van der Waals surface area contributed by atoms with Gasteiger partial charge in [0, 0.05) is 24.8 Å². The van der Waals surface area contributed by atoms with E-state index in [1.54, 1.807) is 6.07 Å². The number of morpholine rings is 1. The van der Waals surface area contributed by atoms with E-state index in [0.29, 0.717) is 18.9 Å². The summed E-state index contributed by atoms with van der Waals surface area (Å²) in [6.07, 6.45) is 0.566. The van der Waals surface area contributed by atoms with Gasteiger partial charge in [0.05, 0.1) is 12.2 Å². The quantitative estimate of drug-likeness (QED) is 0.855. The lowest BCUT2D eigenvalue weighted by Crippen LogP contribution is -2.49. The van der Waals surface area contributed by atoms with Crippen molar-refractivity contribution >= 4 is 16.0 Å². The Morgan fingerprint density at radius 2 is 2.11 bits per heavy atom. The molecule has 2 atom stereocenters. The summed E-state index contributed by atoms with van der Waals surface area (Å²) in [5.74, 6) is 0.323.